The predicted octanol–water partition coefficient (Wildman–Crippen LogP) is 3.20. The molecule has 0 atom stereocenters. The van der Waals surface area contributed by atoms with Crippen LogP contribution in [0.1, 0.15) is 11.3 Å². The summed E-state index contributed by atoms with van der Waals surface area (Å²) in [5, 5.41) is 1.98. The highest BCUT2D eigenvalue weighted by Crippen LogP contribution is 2.31. The number of aryl methyl sites for hydroxylation is 1. The first-order valence-electron chi connectivity index (χ1n) is 4.77. The van der Waals surface area contributed by atoms with E-state index in [2.05, 4.69) is 4.98 Å². The van der Waals surface area contributed by atoms with Gasteiger partial charge >= 0.3 is 0 Å². The van der Waals surface area contributed by atoms with E-state index in [-0.39, 0.29) is 5.82 Å². The molecule has 0 bridgehead atoms. The van der Waals surface area contributed by atoms with E-state index >= 15 is 0 Å². The van der Waals surface area contributed by atoms with Crippen LogP contribution >= 0.6 is 23.1 Å². The fraction of sp³-hybridized carbons (Fsp3) is 0.182. The first-order valence-corrected chi connectivity index (χ1v) is 6.46. The fourth-order valence-corrected chi connectivity index (χ4v) is 3.20. The quantitative estimate of drug-likeness (QED) is 0.914. The molecule has 0 fully saturated rings. The molecule has 16 heavy (non-hydrogen) atoms. The lowest BCUT2D eigenvalue weighted by Crippen LogP contribution is -1.96. The second kappa shape index (κ2) is 4.95. The molecule has 0 radical (unpaired) electrons. The molecule has 1 aromatic heterocycles. The molecule has 0 aliphatic carbocycles. The molecule has 0 spiro atoms. The monoisotopic (exact) mass is 254 g/mol. The summed E-state index contributed by atoms with van der Waals surface area (Å²) in [5.41, 5.74) is 7.29. The van der Waals surface area contributed by atoms with Crippen LogP contribution in [-0.4, -0.2) is 4.98 Å². The summed E-state index contributed by atoms with van der Waals surface area (Å²) in [6.45, 7) is 2.29. The smallest absolute Gasteiger partial charge is 0.154 e. The Balaban J connectivity index is 2.24. The number of halogens is 1. The second-order valence-corrected chi connectivity index (χ2v) is 5.53. The molecule has 84 valence electrons. The topological polar surface area (TPSA) is 38.9 Å². The van der Waals surface area contributed by atoms with Crippen molar-refractivity contribution in [2.75, 3.05) is 0 Å². The van der Waals surface area contributed by atoms with Crippen LogP contribution in [0.5, 0.6) is 0 Å². The van der Waals surface area contributed by atoms with Gasteiger partial charge in [-0.25, -0.2) is 9.37 Å². The molecular formula is C11H11FN2S2. The molecule has 0 aliphatic rings. The third-order valence-electron chi connectivity index (χ3n) is 1.97. The van der Waals surface area contributed by atoms with Gasteiger partial charge in [-0.3, -0.25) is 0 Å². The van der Waals surface area contributed by atoms with Crippen molar-refractivity contribution < 1.29 is 4.39 Å². The maximum atomic E-state index is 13.2. The van der Waals surface area contributed by atoms with Crippen molar-refractivity contribution in [3.05, 3.63) is 40.7 Å². The molecule has 0 amide bonds. The minimum absolute atomic E-state index is 0.251. The molecule has 1 heterocycles. The number of benzene rings is 1. The van der Waals surface area contributed by atoms with Crippen molar-refractivity contribution in [3.63, 3.8) is 0 Å². The Bertz CT molecular complexity index is 496. The first-order chi connectivity index (χ1) is 7.67. The Labute approximate surface area is 102 Å². The van der Waals surface area contributed by atoms with Gasteiger partial charge < -0.3 is 5.73 Å². The van der Waals surface area contributed by atoms with Crippen LogP contribution < -0.4 is 5.73 Å². The maximum absolute atomic E-state index is 13.2. The van der Waals surface area contributed by atoms with Crippen LogP contribution in [0, 0.1) is 12.7 Å². The summed E-state index contributed by atoms with van der Waals surface area (Å²) in [4.78, 5) is 5.16. The minimum atomic E-state index is -0.251. The van der Waals surface area contributed by atoms with Gasteiger partial charge in [0.1, 0.15) is 5.82 Å². The Morgan fingerprint density at radius 2 is 2.25 bits per heavy atom. The molecule has 0 saturated carbocycles. The van der Waals surface area contributed by atoms with Crippen molar-refractivity contribution in [2.24, 2.45) is 5.73 Å². The molecule has 2 aromatic rings. The van der Waals surface area contributed by atoms with E-state index in [4.69, 9.17) is 5.73 Å². The molecular weight excluding hydrogens is 243 g/mol. The maximum Gasteiger partial charge on any atom is 0.154 e. The molecule has 2 N–H and O–H groups in total. The molecule has 0 saturated heterocycles. The molecule has 2 rings (SSSR count). The molecule has 0 aliphatic heterocycles. The van der Waals surface area contributed by atoms with E-state index in [0.717, 1.165) is 20.5 Å². The van der Waals surface area contributed by atoms with Crippen molar-refractivity contribution in [3.8, 4) is 0 Å². The van der Waals surface area contributed by atoms with Crippen LogP contribution in [-0.2, 0) is 6.54 Å². The predicted molar refractivity (Wildman–Crippen MR) is 65.3 cm³/mol. The number of nitrogens with two attached hydrogens (primary N) is 1. The van der Waals surface area contributed by atoms with Crippen molar-refractivity contribution in [2.45, 2.75) is 22.7 Å². The van der Waals surface area contributed by atoms with Gasteiger partial charge in [-0.2, -0.15) is 0 Å². The van der Waals surface area contributed by atoms with Crippen LogP contribution in [0.3, 0.4) is 0 Å². The highest BCUT2D eigenvalue weighted by atomic mass is 32.2. The minimum Gasteiger partial charge on any atom is -0.326 e. The van der Waals surface area contributed by atoms with E-state index in [9.17, 15) is 4.39 Å². The highest BCUT2D eigenvalue weighted by Gasteiger charge is 2.04. The van der Waals surface area contributed by atoms with Crippen LogP contribution in [0.15, 0.2) is 32.8 Å². The van der Waals surface area contributed by atoms with Crippen LogP contribution in [0.4, 0.5) is 4.39 Å². The summed E-state index contributed by atoms with van der Waals surface area (Å²) in [5.74, 6) is -0.251. The zero-order valence-electron chi connectivity index (χ0n) is 8.74. The Morgan fingerprint density at radius 3 is 2.88 bits per heavy atom. The average Bonchev–Trinajstić information content (AvgIpc) is 2.63. The molecule has 1 aromatic carbocycles. The molecule has 2 nitrogen and oxygen atoms in total. The number of nitrogens with zero attached hydrogens (tertiary/aromatic N) is 1. The van der Waals surface area contributed by atoms with Gasteiger partial charge in [-0.05, 0) is 30.7 Å². The van der Waals surface area contributed by atoms with E-state index < -0.39 is 0 Å². The lowest BCUT2D eigenvalue weighted by molar-refractivity contribution is 0.621. The normalized spacial score (nSPS) is 10.7. The van der Waals surface area contributed by atoms with E-state index in [0.29, 0.717) is 6.54 Å². The number of rotatable bonds is 3. The van der Waals surface area contributed by atoms with Gasteiger partial charge in [0.2, 0.25) is 0 Å². The van der Waals surface area contributed by atoms with Crippen LogP contribution in [0.2, 0.25) is 0 Å². The Hall–Kier alpha value is -0.910. The highest BCUT2D eigenvalue weighted by molar-refractivity contribution is 8.01. The Kier molecular flexibility index (Phi) is 3.58. The van der Waals surface area contributed by atoms with Gasteiger partial charge in [-0.15, -0.1) is 11.3 Å². The van der Waals surface area contributed by atoms with E-state index in [1.807, 2.05) is 18.4 Å². The average molecular weight is 254 g/mol. The van der Waals surface area contributed by atoms with Crippen LogP contribution in [0.25, 0.3) is 0 Å². The van der Waals surface area contributed by atoms with Gasteiger partial charge in [0.05, 0.1) is 0 Å². The second-order valence-electron chi connectivity index (χ2n) is 3.36. The van der Waals surface area contributed by atoms with Gasteiger partial charge in [0.25, 0.3) is 0 Å². The SMILES string of the molecule is Cc1csc(Sc2cc(F)cc(CN)c2)n1. The van der Waals surface area contributed by atoms with Crippen molar-refractivity contribution in [1.29, 1.82) is 0 Å². The summed E-state index contributed by atoms with van der Waals surface area (Å²) >= 11 is 3.03. The Morgan fingerprint density at radius 1 is 1.44 bits per heavy atom. The zero-order chi connectivity index (χ0) is 11.5. The van der Waals surface area contributed by atoms with Gasteiger partial charge in [0.15, 0.2) is 4.34 Å². The van der Waals surface area contributed by atoms with Gasteiger partial charge in [0, 0.05) is 22.5 Å². The summed E-state index contributed by atoms with van der Waals surface area (Å²) in [6.07, 6.45) is 0. The lowest BCUT2D eigenvalue weighted by Gasteiger charge is -2.02. The standard InChI is InChI=1S/C11H11FN2S2/c1-7-6-15-11(14-7)16-10-3-8(5-13)2-9(12)4-10/h2-4,6H,5,13H2,1H3. The lowest BCUT2D eigenvalue weighted by atomic mass is 10.2. The van der Waals surface area contributed by atoms with E-state index in [1.165, 1.54) is 23.9 Å². The van der Waals surface area contributed by atoms with Gasteiger partial charge in [-0.1, -0.05) is 11.8 Å². The molecule has 0 unspecified atom stereocenters. The summed E-state index contributed by atoms with van der Waals surface area (Å²) < 4.78 is 14.2. The van der Waals surface area contributed by atoms with Crippen molar-refractivity contribution in [1.82, 2.24) is 4.98 Å². The number of hydrogen-bond acceptors (Lipinski definition) is 4. The molecule has 5 heteroatoms. The summed E-state index contributed by atoms with van der Waals surface area (Å²) in [7, 11) is 0. The largest absolute Gasteiger partial charge is 0.326 e. The summed E-state index contributed by atoms with van der Waals surface area (Å²) in [6, 6.07) is 4.85. The third-order valence-corrected chi connectivity index (χ3v) is 4.00. The third kappa shape index (κ3) is 2.81. The first kappa shape index (κ1) is 11.6. The zero-order valence-corrected chi connectivity index (χ0v) is 10.4. The number of thiazole rings is 1. The van der Waals surface area contributed by atoms with Crippen molar-refractivity contribution >= 4 is 23.1 Å². The fourth-order valence-electron chi connectivity index (χ4n) is 1.28. The number of aromatic nitrogens is 1. The number of hydrogen-bond donors (Lipinski definition) is 1. The van der Waals surface area contributed by atoms with E-state index in [1.54, 1.807) is 11.3 Å².